The van der Waals surface area contributed by atoms with Gasteiger partial charge in [0, 0.05) is 11.9 Å². The van der Waals surface area contributed by atoms with Gasteiger partial charge >= 0.3 is 0 Å². The lowest BCUT2D eigenvalue weighted by Gasteiger charge is -2.12. The van der Waals surface area contributed by atoms with Crippen LogP contribution in [0.15, 0.2) is 12.3 Å². The largest absolute Gasteiger partial charge is 0.330 e. The molecule has 0 fully saturated rings. The maximum absolute atomic E-state index is 5.50. The lowest BCUT2D eigenvalue weighted by atomic mass is 9.97. The van der Waals surface area contributed by atoms with Gasteiger partial charge in [0.2, 0.25) is 0 Å². The Morgan fingerprint density at radius 3 is 2.73 bits per heavy atom. The summed E-state index contributed by atoms with van der Waals surface area (Å²) in [6.45, 7) is 7.30. The van der Waals surface area contributed by atoms with Crippen LogP contribution in [-0.4, -0.2) is 11.5 Å². The number of nitrogens with two attached hydrogens (primary N) is 1. The molecule has 2 N–H and O–H groups in total. The third-order valence-corrected chi connectivity index (χ3v) is 2.77. The molecule has 0 bridgehead atoms. The molecule has 0 aliphatic heterocycles. The third kappa shape index (κ3) is 4.00. The minimum Gasteiger partial charge on any atom is -0.330 e. The van der Waals surface area contributed by atoms with Crippen molar-refractivity contribution < 1.29 is 0 Å². The van der Waals surface area contributed by atoms with E-state index in [0.29, 0.717) is 5.92 Å². The summed E-state index contributed by atoms with van der Waals surface area (Å²) in [5, 5.41) is 0. The van der Waals surface area contributed by atoms with Gasteiger partial charge < -0.3 is 5.73 Å². The molecule has 0 saturated carbocycles. The van der Waals surface area contributed by atoms with Gasteiger partial charge in [0.15, 0.2) is 0 Å². The van der Waals surface area contributed by atoms with Gasteiger partial charge in [0.05, 0.1) is 0 Å². The van der Waals surface area contributed by atoms with Gasteiger partial charge in [-0.05, 0) is 56.7 Å². The molecule has 0 aromatic carbocycles. The summed E-state index contributed by atoms with van der Waals surface area (Å²) >= 11 is 0. The molecule has 1 aromatic heterocycles. The van der Waals surface area contributed by atoms with E-state index < -0.39 is 0 Å². The summed E-state index contributed by atoms with van der Waals surface area (Å²) < 4.78 is 0. The minimum atomic E-state index is 0.683. The Labute approximate surface area is 92.9 Å². The average Bonchev–Trinajstić information content (AvgIpc) is 2.19. The van der Waals surface area contributed by atoms with Crippen molar-refractivity contribution in [2.75, 3.05) is 6.54 Å². The molecule has 1 rings (SSSR count). The van der Waals surface area contributed by atoms with E-state index in [1.54, 1.807) is 0 Å². The molecule has 0 aliphatic rings. The molecule has 0 saturated heterocycles. The third-order valence-electron chi connectivity index (χ3n) is 2.77. The fraction of sp³-hybridized carbons (Fsp3) is 0.615. The predicted octanol–water partition coefficient (Wildman–Crippen LogP) is 2.62. The highest BCUT2D eigenvalue weighted by Gasteiger charge is 2.06. The Morgan fingerprint density at radius 1 is 1.40 bits per heavy atom. The van der Waals surface area contributed by atoms with Crippen LogP contribution in [0.1, 0.15) is 36.6 Å². The number of rotatable bonds is 5. The first-order valence-electron chi connectivity index (χ1n) is 5.75. The molecule has 0 spiro atoms. The maximum atomic E-state index is 5.50. The summed E-state index contributed by atoms with van der Waals surface area (Å²) in [5.74, 6) is 0.683. The number of hydrogen-bond acceptors (Lipinski definition) is 2. The van der Waals surface area contributed by atoms with Crippen LogP contribution in [0, 0.1) is 19.8 Å². The van der Waals surface area contributed by atoms with Crippen LogP contribution in [-0.2, 0) is 6.42 Å². The van der Waals surface area contributed by atoms with Gasteiger partial charge in [-0.25, -0.2) is 0 Å². The van der Waals surface area contributed by atoms with Crippen LogP contribution in [0.2, 0.25) is 0 Å². The van der Waals surface area contributed by atoms with Crippen molar-refractivity contribution in [3.63, 3.8) is 0 Å². The number of pyridine rings is 1. The molecule has 2 heteroatoms. The standard InChI is InChI=1S/C13H22N2/c1-10(5-4-6-14)8-13-12(3)7-11(2)9-15-13/h7,9-10H,4-6,8,14H2,1-3H3. The lowest BCUT2D eigenvalue weighted by Crippen LogP contribution is -2.07. The summed E-state index contributed by atoms with van der Waals surface area (Å²) in [5.41, 5.74) is 9.30. The normalized spacial score (nSPS) is 12.8. The zero-order valence-electron chi connectivity index (χ0n) is 10.1. The molecular weight excluding hydrogens is 184 g/mol. The van der Waals surface area contributed by atoms with E-state index in [0.717, 1.165) is 19.4 Å². The molecule has 1 atom stereocenters. The Bertz CT molecular complexity index is 307. The van der Waals surface area contributed by atoms with Crippen molar-refractivity contribution in [3.05, 3.63) is 29.1 Å². The zero-order valence-corrected chi connectivity index (χ0v) is 10.1. The van der Waals surface area contributed by atoms with Gasteiger partial charge in [-0.15, -0.1) is 0 Å². The summed E-state index contributed by atoms with van der Waals surface area (Å²) in [6, 6.07) is 2.21. The summed E-state index contributed by atoms with van der Waals surface area (Å²) in [7, 11) is 0. The fourth-order valence-corrected chi connectivity index (χ4v) is 1.86. The van der Waals surface area contributed by atoms with E-state index in [1.807, 2.05) is 6.20 Å². The zero-order chi connectivity index (χ0) is 11.3. The predicted molar refractivity (Wildman–Crippen MR) is 64.9 cm³/mol. The number of aryl methyl sites for hydroxylation is 2. The van der Waals surface area contributed by atoms with Crippen molar-refractivity contribution in [1.82, 2.24) is 4.98 Å². The topological polar surface area (TPSA) is 38.9 Å². The fourth-order valence-electron chi connectivity index (χ4n) is 1.86. The van der Waals surface area contributed by atoms with Crippen molar-refractivity contribution in [3.8, 4) is 0 Å². The molecule has 2 nitrogen and oxygen atoms in total. The van der Waals surface area contributed by atoms with E-state index in [9.17, 15) is 0 Å². The SMILES string of the molecule is Cc1cnc(CC(C)CCCN)c(C)c1. The molecule has 84 valence electrons. The molecule has 1 unspecified atom stereocenters. The van der Waals surface area contributed by atoms with Gasteiger partial charge in [0.1, 0.15) is 0 Å². The first-order valence-corrected chi connectivity index (χ1v) is 5.75. The monoisotopic (exact) mass is 206 g/mol. The van der Waals surface area contributed by atoms with Crippen LogP contribution in [0.3, 0.4) is 0 Å². The molecule has 0 amide bonds. The summed E-state index contributed by atoms with van der Waals surface area (Å²) in [6.07, 6.45) is 5.35. The Hall–Kier alpha value is -0.890. The number of nitrogens with zero attached hydrogens (tertiary/aromatic N) is 1. The van der Waals surface area contributed by atoms with E-state index in [-0.39, 0.29) is 0 Å². The smallest absolute Gasteiger partial charge is 0.0435 e. The highest BCUT2D eigenvalue weighted by molar-refractivity contribution is 5.23. The van der Waals surface area contributed by atoms with Crippen molar-refractivity contribution in [2.45, 2.75) is 40.0 Å². The molecule has 1 heterocycles. The van der Waals surface area contributed by atoms with E-state index in [1.165, 1.54) is 23.2 Å². The average molecular weight is 206 g/mol. The lowest BCUT2D eigenvalue weighted by molar-refractivity contribution is 0.505. The Balaban J connectivity index is 2.56. The first kappa shape index (κ1) is 12.2. The Kier molecular flexibility index (Phi) is 4.76. The highest BCUT2D eigenvalue weighted by Crippen LogP contribution is 2.15. The van der Waals surface area contributed by atoms with Crippen LogP contribution in [0.5, 0.6) is 0 Å². The van der Waals surface area contributed by atoms with Crippen molar-refractivity contribution in [1.29, 1.82) is 0 Å². The highest BCUT2D eigenvalue weighted by atomic mass is 14.7. The van der Waals surface area contributed by atoms with Gasteiger partial charge in [-0.3, -0.25) is 4.98 Å². The first-order chi connectivity index (χ1) is 7.13. The molecule has 0 aliphatic carbocycles. The number of hydrogen-bond donors (Lipinski definition) is 1. The van der Waals surface area contributed by atoms with E-state index in [2.05, 4.69) is 31.8 Å². The van der Waals surface area contributed by atoms with Gasteiger partial charge in [0.25, 0.3) is 0 Å². The quantitative estimate of drug-likeness (QED) is 0.804. The van der Waals surface area contributed by atoms with Crippen LogP contribution >= 0.6 is 0 Å². The molecular formula is C13H22N2. The summed E-state index contributed by atoms with van der Waals surface area (Å²) in [4.78, 5) is 4.49. The minimum absolute atomic E-state index is 0.683. The van der Waals surface area contributed by atoms with Crippen molar-refractivity contribution >= 4 is 0 Å². The second-order valence-electron chi connectivity index (χ2n) is 4.52. The van der Waals surface area contributed by atoms with Gasteiger partial charge in [-0.1, -0.05) is 13.0 Å². The Morgan fingerprint density at radius 2 is 2.13 bits per heavy atom. The molecule has 15 heavy (non-hydrogen) atoms. The molecule has 0 radical (unpaired) electrons. The van der Waals surface area contributed by atoms with E-state index >= 15 is 0 Å². The van der Waals surface area contributed by atoms with Crippen molar-refractivity contribution in [2.24, 2.45) is 11.7 Å². The van der Waals surface area contributed by atoms with Gasteiger partial charge in [-0.2, -0.15) is 0 Å². The number of aromatic nitrogens is 1. The second kappa shape index (κ2) is 5.86. The molecule has 1 aromatic rings. The van der Waals surface area contributed by atoms with Crippen LogP contribution < -0.4 is 5.73 Å². The van der Waals surface area contributed by atoms with Crippen LogP contribution in [0.4, 0.5) is 0 Å². The maximum Gasteiger partial charge on any atom is 0.0435 e. The van der Waals surface area contributed by atoms with Crippen LogP contribution in [0.25, 0.3) is 0 Å². The van der Waals surface area contributed by atoms with E-state index in [4.69, 9.17) is 5.73 Å². The second-order valence-corrected chi connectivity index (χ2v) is 4.52.